The molecular weight excluding hydrogens is 384 g/mol. The predicted octanol–water partition coefficient (Wildman–Crippen LogP) is 1.85. The Bertz CT molecular complexity index is 606. The van der Waals surface area contributed by atoms with Crippen molar-refractivity contribution in [1.29, 1.82) is 0 Å². The van der Waals surface area contributed by atoms with Crippen LogP contribution in [0, 0.1) is 0 Å². The normalized spacial score (nSPS) is 21.5. The SMILES string of the molecule is CN=C(NCc1ccc(Br)cc1)N1CCN(C(=O)C2CCCO2)CC1. The maximum atomic E-state index is 12.4. The van der Waals surface area contributed by atoms with E-state index in [0.29, 0.717) is 6.61 Å². The van der Waals surface area contributed by atoms with Crippen molar-refractivity contribution in [1.82, 2.24) is 15.1 Å². The minimum Gasteiger partial charge on any atom is -0.368 e. The molecule has 1 aromatic carbocycles. The predicted molar refractivity (Wildman–Crippen MR) is 101 cm³/mol. The molecule has 2 saturated heterocycles. The third-order valence-corrected chi connectivity index (χ3v) is 5.20. The molecule has 1 N–H and O–H groups in total. The summed E-state index contributed by atoms with van der Waals surface area (Å²) < 4.78 is 6.59. The number of halogens is 1. The first-order valence-electron chi connectivity index (χ1n) is 8.78. The average molecular weight is 409 g/mol. The Balaban J connectivity index is 1.48. The standard InChI is InChI=1S/C18H25BrN4O2/c1-20-18(21-13-14-4-6-15(19)7-5-14)23-10-8-22(9-11-23)17(24)16-3-2-12-25-16/h4-7,16H,2-3,8-13H2,1H3,(H,20,21). The monoisotopic (exact) mass is 408 g/mol. The lowest BCUT2D eigenvalue weighted by molar-refractivity contribution is -0.142. The number of rotatable bonds is 3. The average Bonchev–Trinajstić information content (AvgIpc) is 3.18. The zero-order valence-corrected chi connectivity index (χ0v) is 16.2. The van der Waals surface area contributed by atoms with Crippen LogP contribution < -0.4 is 5.32 Å². The molecule has 6 nitrogen and oxygen atoms in total. The van der Waals surface area contributed by atoms with Gasteiger partial charge in [-0.2, -0.15) is 0 Å². The summed E-state index contributed by atoms with van der Waals surface area (Å²) in [6.45, 7) is 4.46. The Morgan fingerprint density at radius 2 is 1.92 bits per heavy atom. The molecule has 2 aliphatic rings. The molecule has 2 heterocycles. The first-order chi connectivity index (χ1) is 12.2. The van der Waals surface area contributed by atoms with Gasteiger partial charge in [0.25, 0.3) is 5.91 Å². The van der Waals surface area contributed by atoms with E-state index in [1.165, 1.54) is 5.56 Å². The van der Waals surface area contributed by atoms with E-state index >= 15 is 0 Å². The van der Waals surface area contributed by atoms with Crippen LogP contribution in [-0.4, -0.2) is 67.6 Å². The highest BCUT2D eigenvalue weighted by Crippen LogP contribution is 2.16. The second kappa shape index (κ2) is 8.67. The van der Waals surface area contributed by atoms with E-state index in [1.807, 2.05) is 17.0 Å². The first-order valence-corrected chi connectivity index (χ1v) is 9.57. The third-order valence-electron chi connectivity index (χ3n) is 4.67. The van der Waals surface area contributed by atoms with Gasteiger partial charge in [-0.05, 0) is 30.5 Å². The van der Waals surface area contributed by atoms with Gasteiger partial charge in [-0.3, -0.25) is 9.79 Å². The molecule has 0 spiro atoms. The van der Waals surface area contributed by atoms with E-state index < -0.39 is 0 Å². The van der Waals surface area contributed by atoms with Crippen LogP contribution in [-0.2, 0) is 16.1 Å². The van der Waals surface area contributed by atoms with Gasteiger partial charge in [-0.1, -0.05) is 28.1 Å². The molecule has 3 rings (SSSR count). The number of guanidine groups is 1. The van der Waals surface area contributed by atoms with Gasteiger partial charge in [0.1, 0.15) is 6.10 Å². The summed E-state index contributed by atoms with van der Waals surface area (Å²) in [7, 11) is 1.80. The lowest BCUT2D eigenvalue weighted by atomic mass is 10.2. The second-order valence-corrected chi connectivity index (χ2v) is 7.26. The maximum absolute atomic E-state index is 12.4. The number of piperazine rings is 1. The number of nitrogens with zero attached hydrogens (tertiary/aromatic N) is 3. The fraction of sp³-hybridized carbons (Fsp3) is 0.556. The zero-order chi connectivity index (χ0) is 17.6. The molecule has 1 amide bonds. The van der Waals surface area contributed by atoms with Crippen LogP contribution in [0.4, 0.5) is 0 Å². The molecule has 2 fully saturated rings. The Kier molecular flexibility index (Phi) is 6.31. The number of ether oxygens (including phenoxy) is 1. The second-order valence-electron chi connectivity index (χ2n) is 6.34. The van der Waals surface area contributed by atoms with Gasteiger partial charge < -0.3 is 19.9 Å². The van der Waals surface area contributed by atoms with Crippen LogP contribution in [0.25, 0.3) is 0 Å². The van der Waals surface area contributed by atoms with E-state index in [9.17, 15) is 4.79 Å². The molecule has 0 radical (unpaired) electrons. The van der Waals surface area contributed by atoms with Gasteiger partial charge in [0, 0.05) is 50.9 Å². The molecule has 1 atom stereocenters. The van der Waals surface area contributed by atoms with Crippen molar-refractivity contribution in [3.05, 3.63) is 34.3 Å². The Morgan fingerprint density at radius 3 is 2.52 bits per heavy atom. The molecule has 1 aromatic rings. The fourth-order valence-electron chi connectivity index (χ4n) is 3.23. The number of benzene rings is 1. The fourth-order valence-corrected chi connectivity index (χ4v) is 3.49. The molecule has 0 aromatic heterocycles. The number of carbonyl (C=O) groups is 1. The van der Waals surface area contributed by atoms with Gasteiger partial charge in [-0.15, -0.1) is 0 Å². The summed E-state index contributed by atoms with van der Waals surface area (Å²) in [5.74, 6) is 1.03. The quantitative estimate of drug-likeness (QED) is 0.612. The van der Waals surface area contributed by atoms with E-state index in [1.54, 1.807) is 7.05 Å². The molecule has 136 valence electrons. The summed E-state index contributed by atoms with van der Waals surface area (Å²) in [4.78, 5) is 20.9. The van der Waals surface area contributed by atoms with Gasteiger partial charge in [-0.25, -0.2) is 0 Å². The molecule has 1 unspecified atom stereocenters. The van der Waals surface area contributed by atoms with Crippen molar-refractivity contribution in [2.24, 2.45) is 4.99 Å². The number of aliphatic imine (C=N–C) groups is 1. The van der Waals surface area contributed by atoms with E-state index in [2.05, 4.69) is 43.3 Å². The van der Waals surface area contributed by atoms with Crippen molar-refractivity contribution in [3.8, 4) is 0 Å². The van der Waals surface area contributed by atoms with Gasteiger partial charge in [0.15, 0.2) is 5.96 Å². The minimum absolute atomic E-state index is 0.148. The molecule has 0 saturated carbocycles. The van der Waals surface area contributed by atoms with Crippen LogP contribution in [0.3, 0.4) is 0 Å². The topological polar surface area (TPSA) is 57.2 Å². The van der Waals surface area contributed by atoms with E-state index in [4.69, 9.17) is 4.74 Å². The van der Waals surface area contributed by atoms with Crippen LogP contribution >= 0.6 is 15.9 Å². The molecule has 0 aliphatic carbocycles. The van der Waals surface area contributed by atoms with Crippen LogP contribution in [0.15, 0.2) is 33.7 Å². The molecule has 2 aliphatic heterocycles. The third kappa shape index (κ3) is 4.73. The molecule has 7 heteroatoms. The Morgan fingerprint density at radius 1 is 1.24 bits per heavy atom. The van der Waals surface area contributed by atoms with Gasteiger partial charge in [0.2, 0.25) is 0 Å². The van der Waals surface area contributed by atoms with Gasteiger partial charge >= 0.3 is 0 Å². The summed E-state index contributed by atoms with van der Waals surface area (Å²) in [5, 5.41) is 3.41. The number of nitrogens with one attached hydrogen (secondary N) is 1. The largest absolute Gasteiger partial charge is 0.368 e. The minimum atomic E-state index is -0.221. The van der Waals surface area contributed by atoms with Crippen molar-refractivity contribution in [3.63, 3.8) is 0 Å². The maximum Gasteiger partial charge on any atom is 0.251 e. The molecular formula is C18H25BrN4O2. The van der Waals surface area contributed by atoms with Crippen molar-refractivity contribution >= 4 is 27.8 Å². The lowest BCUT2D eigenvalue weighted by Crippen LogP contribution is -2.55. The summed E-state index contributed by atoms with van der Waals surface area (Å²) in [5.41, 5.74) is 1.21. The number of hydrogen-bond acceptors (Lipinski definition) is 3. The summed E-state index contributed by atoms with van der Waals surface area (Å²) in [6, 6.07) is 8.25. The van der Waals surface area contributed by atoms with Gasteiger partial charge in [0.05, 0.1) is 0 Å². The zero-order valence-electron chi connectivity index (χ0n) is 14.6. The first kappa shape index (κ1) is 18.2. The van der Waals surface area contributed by atoms with Crippen molar-refractivity contribution < 1.29 is 9.53 Å². The van der Waals surface area contributed by atoms with Crippen LogP contribution in [0.5, 0.6) is 0 Å². The highest BCUT2D eigenvalue weighted by Gasteiger charge is 2.30. The van der Waals surface area contributed by atoms with E-state index in [0.717, 1.165) is 56.0 Å². The summed E-state index contributed by atoms with van der Waals surface area (Å²) >= 11 is 3.45. The molecule has 0 bridgehead atoms. The number of carbonyl (C=O) groups excluding carboxylic acids is 1. The van der Waals surface area contributed by atoms with E-state index in [-0.39, 0.29) is 12.0 Å². The summed E-state index contributed by atoms with van der Waals surface area (Å²) in [6.07, 6.45) is 1.62. The van der Waals surface area contributed by atoms with Crippen molar-refractivity contribution in [2.75, 3.05) is 39.8 Å². The molecule has 25 heavy (non-hydrogen) atoms. The lowest BCUT2D eigenvalue weighted by Gasteiger charge is -2.37. The Hall–Kier alpha value is -1.60. The highest BCUT2D eigenvalue weighted by molar-refractivity contribution is 9.10. The number of hydrogen-bond donors (Lipinski definition) is 1. The number of amides is 1. The Labute approximate surface area is 157 Å². The smallest absolute Gasteiger partial charge is 0.251 e. The van der Waals surface area contributed by atoms with Crippen LogP contribution in [0.2, 0.25) is 0 Å². The van der Waals surface area contributed by atoms with Crippen molar-refractivity contribution in [2.45, 2.75) is 25.5 Å². The van der Waals surface area contributed by atoms with Crippen LogP contribution in [0.1, 0.15) is 18.4 Å². The highest BCUT2D eigenvalue weighted by atomic mass is 79.9.